The lowest BCUT2D eigenvalue weighted by atomic mass is 10.3. The lowest BCUT2D eigenvalue weighted by Gasteiger charge is -2.28. The first-order valence-corrected chi connectivity index (χ1v) is 3.73. The molecule has 0 aromatic carbocycles. The Kier molecular flexibility index (Phi) is 3.04. The van der Waals surface area contributed by atoms with Crippen LogP contribution in [0.4, 0.5) is 0 Å². The van der Waals surface area contributed by atoms with Gasteiger partial charge in [0.25, 0.3) is 0 Å². The molecule has 0 spiro atoms. The van der Waals surface area contributed by atoms with Crippen LogP contribution in [0.3, 0.4) is 0 Å². The molecule has 0 radical (unpaired) electrons. The standard InChI is InChI=1S/C7H13N3O/c8-2-1-7(9)10-3-5-11-6-4-10/h2,8-9H,1,3-6H2. The molecule has 0 bridgehead atoms. The second kappa shape index (κ2) is 4.08. The van der Waals surface area contributed by atoms with Crippen molar-refractivity contribution in [2.75, 3.05) is 26.3 Å². The van der Waals surface area contributed by atoms with E-state index in [1.54, 1.807) is 0 Å². The van der Waals surface area contributed by atoms with E-state index in [0.717, 1.165) is 13.1 Å². The molecule has 0 amide bonds. The van der Waals surface area contributed by atoms with Gasteiger partial charge in [-0.15, -0.1) is 0 Å². The van der Waals surface area contributed by atoms with Gasteiger partial charge in [-0.3, -0.25) is 5.41 Å². The van der Waals surface area contributed by atoms with Gasteiger partial charge in [0, 0.05) is 25.7 Å². The van der Waals surface area contributed by atoms with Gasteiger partial charge in [-0.05, 0) is 0 Å². The molecule has 0 atom stereocenters. The highest BCUT2D eigenvalue weighted by Gasteiger charge is 2.11. The SMILES string of the molecule is N=CCC(=N)N1CCOCC1. The quantitative estimate of drug-likeness (QED) is 0.446. The Morgan fingerprint density at radius 2 is 2.09 bits per heavy atom. The molecule has 0 aromatic rings. The molecule has 0 aliphatic carbocycles. The zero-order valence-corrected chi connectivity index (χ0v) is 6.47. The molecule has 1 fully saturated rings. The number of amidine groups is 1. The lowest BCUT2D eigenvalue weighted by Crippen LogP contribution is -2.40. The number of rotatable bonds is 2. The smallest absolute Gasteiger partial charge is 0.101 e. The Morgan fingerprint density at radius 1 is 1.45 bits per heavy atom. The summed E-state index contributed by atoms with van der Waals surface area (Å²) in [5, 5.41) is 14.3. The molecular weight excluding hydrogens is 142 g/mol. The summed E-state index contributed by atoms with van der Waals surface area (Å²) in [5.41, 5.74) is 0. The molecule has 0 unspecified atom stereocenters. The molecular formula is C7H13N3O. The first kappa shape index (κ1) is 8.20. The summed E-state index contributed by atoms with van der Waals surface area (Å²) >= 11 is 0. The number of nitrogens with zero attached hydrogens (tertiary/aromatic N) is 1. The van der Waals surface area contributed by atoms with E-state index in [9.17, 15) is 0 Å². The molecule has 0 saturated carbocycles. The maximum atomic E-state index is 7.50. The minimum Gasteiger partial charge on any atom is -0.378 e. The number of hydrogen-bond acceptors (Lipinski definition) is 3. The molecule has 1 saturated heterocycles. The summed E-state index contributed by atoms with van der Waals surface area (Å²) in [4.78, 5) is 1.95. The first-order valence-electron chi connectivity index (χ1n) is 3.73. The summed E-state index contributed by atoms with van der Waals surface area (Å²) in [5.74, 6) is 0.531. The van der Waals surface area contributed by atoms with Gasteiger partial charge in [-0.1, -0.05) is 0 Å². The number of nitrogens with one attached hydrogen (secondary N) is 2. The summed E-state index contributed by atoms with van der Waals surface area (Å²) in [6, 6.07) is 0. The van der Waals surface area contributed by atoms with E-state index in [1.807, 2.05) is 4.90 Å². The summed E-state index contributed by atoms with van der Waals surface area (Å²) < 4.78 is 5.13. The number of hydrogen-bond donors (Lipinski definition) is 2. The van der Waals surface area contributed by atoms with Crippen molar-refractivity contribution in [1.29, 1.82) is 10.8 Å². The fourth-order valence-corrected chi connectivity index (χ4v) is 1.06. The van der Waals surface area contributed by atoms with E-state index < -0.39 is 0 Å². The first-order chi connectivity index (χ1) is 5.34. The fraction of sp³-hybridized carbons (Fsp3) is 0.714. The molecule has 1 aliphatic rings. The molecule has 4 heteroatoms. The molecule has 1 rings (SSSR count). The number of morpholine rings is 1. The van der Waals surface area contributed by atoms with E-state index >= 15 is 0 Å². The Bertz CT molecular complexity index is 152. The summed E-state index contributed by atoms with van der Waals surface area (Å²) in [6.45, 7) is 3.01. The third-order valence-electron chi connectivity index (χ3n) is 1.69. The van der Waals surface area contributed by atoms with Crippen LogP contribution < -0.4 is 0 Å². The van der Waals surface area contributed by atoms with Gasteiger partial charge in [0.05, 0.1) is 13.2 Å². The van der Waals surface area contributed by atoms with E-state index in [0.29, 0.717) is 25.5 Å². The Balaban J connectivity index is 2.32. The fourth-order valence-electron chi connectivity index (χ4n) is 1.06. The van der Waals surface area contributed by atoms with Gasteiger partial charge >= 0.3 is 0 Å². The predicted molar refractivity (Wildman–Crippen MR) is 43.5 cm³/mol. The van der Waals surface area contributed by atoms with E-state index in [2.05, 4.69) is 0 Å². The second-order valence-electron chi connectivity index (χ2n) is 2.45. The van der Waals surface area contributed by atoms with E-state index in [4.69, 9.17) is 15.6 Å². The lowest BCUT2D eigenvalue weighted by molar-refractivity contribution is 0.0672. The number of ether oxygens (including phenoxy) is 1. The van der Waals surface area contributed by atoms with Crippen LogP contribution in [-0.4, -0.2) is 43.3 Å². The van der Waals surface area contributed by atoms with Crippen molar-refractivity contribution in [3.8, 4) is 0 Å². The van der Waals surface area contributed by atoms with Crippen molar-refractivity contribution >= 4 is 12.1 Å². The molecule has 1 heterocycles. The van der Waals surface area contributed by atoms with Crippen LogP contribution in [-0.2, 0) is 4.74 Å². The summed E-state index contributed by atoms with van der Waals surface area (Å²) in [7, 11) is 0. The predicted octanol–water partition coefficient (Wildman–Crippen LogP) is 0.336. The highest BCUT2D eigenvalue weighted by atomic mass is 16.5. The van der Waals surface area contributed by atoms with Gasteiger partial charge in [0.15, 0.2) is 0 Å². The van der Waals surface area contributed by atoms with Crippen LogP contribution in [0.2, 0.25) is 0 Å². The molecule has 0 aromatic heterocycles. The zero-order chi connectivity index (χ0) is 8.10. The zero-order valence-electron chi connectivity index (χ0n) is 6.47. The van der Waals surface area contributed by atoms with Gasteiger partial charge in [0.2, 0.25) is 0 Å². The van der Waals surface area contributed by atoms with Crippen LogP contribution in [0.15, 0.2) is 0 Å². The van der Waals surface area contributed by atoms with Gasteiger partial charge in [0.1, 0.15) is 5.84 Å². The van der Waals surface area contributed by atoms with Crippen molar-refractivity contribution in [2.24, 2.45) is 0 Å². The molecule has 2 N–H and O–H groups in total. The minimum atomic E-state index is 0.444. The van der Waals surface area contributed by atoms with Crippen molar-refractivity contribution < 1.29 is 4.74 Å². The average molecular weight is 155 g/mol. The maximum Gasteiger partial charge on any atom is 0.101 e. The average Bonchev–Trinajstić information content (AvgIpc) is 2.07. The second-order valence-corrected chi connectivity index (χ2v) is 2.45. The monoisotopic (exact) mass is 155 g/mol. The van der Waals surface area contributed by atoms with Crippen LogP contribution in [0.5, 0.6) is 0 Å². The maximum absolute atomic E-state index is 7.50. The van der Waals surface area contributed by atoms with Crippen molar-refractivity contribution in [2.45, 2.75) is 6.42 Å². The van der Waals surface area contributed by atoms with Crippen molar-refractivity contribution in [1.82, 2.24) is 4.90 Å². The largest absolute Gasteiger partial charge is 0.378 e. The Morgan fingerprint density at radius 3 is 2.64 bits per heavy atom. The van der Waals surface area contributed by atoms with Crippen LogP contribution in [0.1, 0.15) is 6.42 Å². The molecule has 62 valence electrons. The summed E-state index contributed by atoms with van der Waals surface area (Å²) in [6.07, 6.45) is 1.71. The van der Waals surface area contributed by atoms with Gasteiger partial charge in [-0.2, -0.15) is 0 Å². The highest BCUT2D eigenvalue weighted by Crippen LogP contribution is 1.98. The van der Waals surface area contributed by atoms with Crippen LogP contribution in [0.25, 0.3) is 0 Å². The Labute approximate surface area is 66.2 Å². The Hall–Kier alpha value is -0.900. The topological polar surface area (TPSA) is 60.2 Å². The molecule has 4 nitrogen and oxygen atoms in total. The third-order valence-corrected chi connectivity index (χ3v) is 1.69. The van der Waals surface area contributed by atoms with Crippen molar-refractivity contribution in [3.63, 3.8) is 0 Å². The van der Waals surface area contributed by atoms with E-state index in [-0.39, 0.29) is 0 Å². The van der Waals surface area contributed by atoms with E-state index in [1.165, 1.54) is 6.21 Å². The van der Waals surface area contributed by atoms with Gasteiger partial charge < -0.3 is 15.0 Å². The highest BCUT2D eigenvalue weighted by molar-refractivity contribution is 5.90. The molecule has 11 heavy (non-hydrogen) atoms. The normalized spacial score (nSPS) is 18.0. The minimum absolute atomic E-state index is 0.444. The van der Waals surface area contributed by atoms with Crippen molar-refractivity contribution in [3.05, 3.63) is 0 Å². The van der Waals surface area contributed by atoms with Crippen LogP contribution in [0, 0.1) is 10.8 Å². The molecule has 1 aliphatic heterocycles. The van der Waals surface area contributed by atoms with Crippen LogP contribution >= 0.6 is 0 Å². The van der Waals surface area contributed by atoms with Gasteiger partial charge in [-0.25, -0.2) is 0 Å². The third kappa shape index (κ3) is 2.31.